The molecule has 0 amide bonds. The van der Waals surface area contributed by atoms with E-state index < -0.39 is 0 Å². The highest BCUT2D eigenvalue weighted by molar-refractivity contribution is 4.88. The van der Waals surface area contributed by atoms with Gasteiger partial charge in [0, 0.05) is 5.92 Å². The Hall–Kier alpha value is -0.120. The van der Waals surface area contributed by atoms with Crippen molar-refractivity contribution in [3.63, 3.8) is 0 Å². The van der Waals surface area contributed by atoms with Crippen LogP contribution in [0.15, 0.2) is 0 Å². The van der Waals surface area contributed by atoms with Gasteiger partial charge in [-0.1, -0.05) is 41.5 Å². The lowest BCUT2D eigenvalue weighted by atomic mass is 9.80. The maximum Gasteiger partial charge on any atom is 0.160 e. The first-order chi connectivity index (χ1) is 9.86. The van der Waals surface area contributed by atoms with Crippen LogP contribution in [0, 0.1) is 29.6 Å². The highest BCUT2D eigenvalue weighted by Crippen LogP contribution is 2.38. The van der Waals surface area contributed by atoms with E-state index in [-0.39, 0.29) is 18.5 Å². The largest absolute Gasteiger partial charge is 0.372 e. The molecule has 0 aromatic carbocycles. The minimum absolute atomic E-state index is 0.0816. The molecule has 0 spiro atoms. The van der Waals surface area contributed by atoms with Crippen LogP contribution in [0.25, 0.3) is 0 Å². The molecule has 2 rings (SSSR count). The first-order valence-corrected chi connectivity index (χ1v) is 8.79. The van der Waals surface area contributed by atoms with E-state index in [0.29, 0.717) is 35.7 Å². The van der Waals surface area contributed by atoms with Gasteiger partial charge in [0.25, 0.3) is 0 Å². The smallest absolute Gasteiger partial charge is 0.160 e. The summed E-state index contributed by atoms with van der Waals surface area (Å²) in [6.45, 7) is 16.6. The number of hydrogen-bond donors (Lipinski definition) is 0. The molecule has 0 bridgehead atoms. The van der Waals surface area contributed by atoms with Crippen molar-refractivity contribution in [2.24, 2.45) is 29.6 Å². The van der Waals surface area contributed by atoms with Crippen LogP contribution < -0.4 is 0 Å². The molecule has 0 aromatic rings. The Balaban J connectivity index is 2.05. The predicted octanol–water partition coefficient (Wildman–Crippen LogP) is 4.11. The first kappa shape index (κ1) is 17.2. The van der Waals surface area contributed by atoms with Crippen molar-refractivity contribution in [1.29, 1.82) is 0 Å². The molecule has 124 valence electrons. The zero-order valence-electron chi connectivity index (χ0n) is 14.8. The molecule has 2 aliphatic rings. The summed E-state index contributed by atoms with van der Waals surface area (Å²) in [6.07, 6.45) is 1.57. The van der Waals surface area contributed by atoms with Crippen molar-refractivity contribution in [3.8, 4) is 0 Å². The minimum atomic E-state index is -0.0816. The molecule has 21 heavy (non-hydrogen) atoms. The third kappa shape index (κ3) is 3.46. The van der Waals surface area contributed by atoms with Crippen LogP contribution in [0.1, 0.15) is 54.9 Å². The van der Waals surface area contributed by atoms with E-state index in [4.69, 9.17) is 14.2 Å². The second kappa shape index (κ2) is 6.97. The summed E-state index contributed by atoms with van der Waals surface area (Å²) < 4.78 is 18.6. The van der Waals surface area contributed by atoms with Gasteiger partial charge in [0.2, 0.25) is 0 Å². The molecular formula is C18H34O3. The lowest BCUT2D eigenvalue weighted by Gasteiger charge is -2.47. The maximum absolute atomic E-state index is 6.45. The van der Waals surface area contributed by atoms with Crippen LogP contribution in [0.5, 0.6) is 0 Å². The second-order valence-corrected chi connectivity index (χ2v) is 7.50. The molecule has 0 aromatic heterocycles. The van der Waals surface area contributed by atoms with Crippen LogP contribution in [0.2, 0.25) is 0 Å². The Morgan fingerprint density at radius 3 is 2.19 bits per heavy atom. The van der Waals surface area contributed by atoms with Crippen LogP contribution in [-0.2, 0) is 14.2 Å². The van der Waals surface area contributed by atoms with Gasteiger partial charge in [-0.05, 0) is 37.0 Å². The third-order valence-electron chi connectivity index (χ3n) is 6.22. The Bertz CT molecular complexity index is 330. The maximum atomic E-state index is 6.45. The molecule has 0 N–H and O–H groups in total. The Kier molecular flexibility index (Phi) is 5.72. The van der Waals surface area contributed by atoms with Gasteiger partial charge in [-0.25, -0.2) is 0 Å². The van der Waals surface area contributed by atoms with E-state index in [2.05, 4.69) is 48.5 Å². The highest BCUT2D eigenvalue weighted by Gasteiger charge is 2.43. The topological polar surface area (TPSA) is 27.7 Å². The lowest BCUT2D eigenvalue weighted by molar-refractivity contribution is -0.281. The number of rotatable bonds is 3. The average molecular weight is 298 g/mol. The Morgan fingerprint density at radius 2 is 1.57 bits per heavy atom. The minimum Gasteiger partial charge on any atom is -0.372 e. The van der Waals surface area contributed by atoms with Crippen molar-refractivity contribution in [2.75, 3.05) is 6.61 Å². The summed E-state index contributed by atoms with van der Waals surface area (Å²) in [5.74, 6) is 2.71. The van der Waals surface area contributed by atoms with E-state index in [1.807, 2.05) is 0 Å². The van der Waals surface area contributed by atoms with Crippen molar-refractivity contribution in [1.82, 2.24) is 0 Å². The Morgan fingerprint density at radius 1 is 0.905 bits per heavy atom. The van der Waals surface area contributed by atoms with Crippen LogP contribution in [0.3, 0.4) is 0 Å². The molecule has 2 aliphatic heterocycles. The SMILES string of the molecule is CCC1OC(C)C(C)[C@@H](C)[C@@H]1O[C@H]1OC[C@@H](C)[C@H](C)C1C. The molecule has 2 saturated heterocycles. The van der Waals surface area contributed by atoms with E-state index >= 15 is 0 Å². The lowest BCUT2D eigenvalue weighted by Crippen LogP contribution is -2.52. The van der Waals surface area contributed by atoms with Gasteiger partial charge in [0.15, 0.2) is 6.29 Å². The van der Waals surface area contributed by atoms with Gasteiger partial charge in [-0.15, -0.1) is 0 Å². The van der Waals surface area contributed by atoms with Crippen LogP contribution in [0.4, 0.5) is 0 Å². The second-order valence-electron chi connectivity index (χ2n) is 7.50. The van der Waals surface area contributed by atoms with E-state index in [9.17, 15) is 0 Å². The van der Waals surface area contributed by atoms with Gasteiger partial charge in [-0.3, -0.25) is 0 Å². The summed E-state index contributed by atoms with van der Waals surface area (Å²) in [7, 11) is 0. The first-order valence-electron chi connectivity index (χ1n) is 8.79. The van der Waals surface area contributed by atoms with Crippen molar-refractivity contribution in [3.05, 3.63) is 0 Å². The Labute approximate surface area is 130 Å². The summed E-state index contributed by atoms with van der Waals surface area (Å²) in [5.41, 5.74) is 0. The fourth-order valence-electron chi connectivity index (χ4n) is 3.72. The number of hydrogen-bond acceptors (Lipinski definition) is 3. The third-order valence-corrected chi connectivity index (χ3v) is 6.22. The highest BCUT2D eigenvalue weighted by atomic mass is 16.7. The fraction of sp³-hybridized carbons (Fsp3) is 1.00. The summed E-state index contributed by atoms with van der Waals surface area (Å²) in [4.78, 5) is 0. The van der Waals surface area contributed by atoms with E-state index in [0.717, 1.165) is 13.0 Å². The molecule has 0 saturated carbocycles. The molecule has 3 nitrogen and oxygen atoms in total. The monoisotopic (exact) mass is 298 g/mol. The summed E-state index contributed by atoms with van der Waals surface area (Å²) in [5, 5.41) is 0. The van der Waals surface area contributed by atoms with Crippen molar-refractivity contribution < 1.29 is 14.2 Å². The molecule has 3 heteroatoms. The van der Waals surface area contributed by atoms with Crippen molar-refractivity contribution in [2.45, 2.75) is 79.5 Å². The van der Waals surface area contributed by atoms with Gasteiger partial charge < -0.3 is 14.2 Å². The van der Waals surface area contributed by atoms with Gasteiger partial charge in [0.1, 0.15) is 0 Å². The zero-order valence-corrected chi connectivity index (χ0v) is 14.8. The predicted molar refractivity (Wildman–Crippen MR) is 85.1 cm³/mol. The molecular weight excluding hydrogens is 264 g/mol. The molecule has 2 heterocycles. The quantitative estimate of drug-likeness (QED) is 0.785. The zero-order chi connectivity index (χ0) is 15.7. The van der Waals surface area contributed by atoms with Crippen LogP contribution in [-0.4, -0.2) is 31.2 Å². The van der Waals surface area contributed by atoms with Crippen molar-refractivity contribution >= 4 is 0 Å². The number of ether oxygens (including phenoxy) is 3. The van der Waals surface area contributed by atoms with Gasteiger partial charge in [-0.2, -0.15) is 0 Å². The van der Waals surface area contributed by atoms with Gasteiger partial charge >= 0.3 is 0 Å². The fourth-order valence-corrected chi connectivity index (χ4v) is 3.72. The average Bonchev–Trinajstić information content (AvgIpc) is 2.47. The standard InChI is InChI=1S/C18H34O3/c1-8-16-17(13(5)12(4)15(7)20-16)21-18-14(6)11(3)10(2)9-19-18/h10-18H,8-9H2,1-7H3/t10-,11+,12?,13-,14?,15?,16?,17+,18-/m1/s1. The summed E-state index contributed by atoms with van der Waals surface area (Å²) in [6, 6.07) is 0. The molecule has 2 fully saturated rings. The normalized spacial score (nSPS) is 51.9. The van der Waals surface area contributed by atoms with Gasteiger partial charge in [0.05, 0.1) is 24.9 Å². The van der Waals surface area contributed by atoms with E-state index in [1.54, 1.807) is 0 Å². The molecule has 0 aliphatic carbocycles. The molecule has 4 unspecified atom stereocenters. The summed E-state index contributed by atoms with van der Waals surface area (Å²) >= 11 is 0. The van der Waals surface area contributed by atoms with E-state index in [1.165, 1.54) is 0 Å². The molecule has 9 atom stereocenters. The van der Waals surface area contributed by atoms with Crippen LogP contribution >= 0.6 is 0 Å². The molecule has 0 radical (unpaired) electrons.